The molecule has 0 saturated heterocycles. The number of hydrogen-bond acceptors (Lipinski definition) is 22. The Bertz CT molecular complexity index is 2890. The summed E-state index contributed by atoms with van der Waals surface area (Å²) in [6.07, 6.45) is 4.70. The van der Waals surface area contributed by atoms with E-state index in [2.05, 4.69) is 62.5 Å². The molecule has 0 spiro atoms. The molecule has 1 aromatic carbocycles. The highest BCUT2D eigenvalue weighted by atomic mass is 35.5. The molecule has 0 aliphatic carbocycles. The number of anilines is 1. The molecule has 4 aromatic rings. The van der Waals surface area contributed by atoms with Crippen molar-refractivity contribution in [2.75, 3.05) is 82.1 Å². The molecule has 19 N–H and O–H groups in total. The van der Waals surface area contributed by atoms with Crippen LogP contribution in [0.1, 0.15) is 101 Å². The number of aromatic nitrogens is 4. The number of primary amides is 2. The molecule has 9 atom stereocenters. The maximum absolute atomic E-state index is 14.4. The number of carbonyl (C=O) groups excluding carboxylic acids is 7. The lowest BCUT2D eigenvalue weighted by atomic mass is 9.91. The van der Waals surface area contributed by atoms with Gasteiger partial charge < -0.3 is 76.3 Å². The number of nitrogens with one attached hydrogen (secondary N) is 8. The Labute approximate surface area is 512 Å². The molecule has 7 amide bonds. The first kappa shape index (κ1) is 71.5. The molecular formula is C53H82ClN17O10S4. The van der Waals surface area contributed by atoms with Crippen LogP contribution >= 0.6 is 34.3 Å². The van der Waals surface area contributed by atoms with Gasteiger partial charge in [-0.15, -0.1) is 22.7 Å². The fourth-order valence-electron chi connectivity index (χ4n) is 8.27. The fourth-order valence-corrected chi connectivity index (χ4v) is 11.5. The van der Waals surface area contributed by atoms with Gasteiger partial charge in [0, 0.05) is 89.0 Å². The van der Waals surface area contributed by atoms with Gasteiger partial charge in [0.2, 0.25) is 29.5 Å². The SMILES string of the molecule is Cc1c(N)nc([C@H](CC(N)=O)NC[C@H](N)C(N)=O)nc1C(=O)N[C@@H](CCS(C)=O)C(=O)N[C@H](Cc1ccccc1)[C@@H](O)[C@H](C)C(=O)N[C@@H](CCS(C)=O)C(=O)NCCc1nc(-c2nc(C(=O)NCCCNCCCCNCCCN)cs2)c(Cl)s1. The number of carbonyl (C=O) groups is 7. The first-order valence-corrected chi connectivity index (χ1v) is 33.2. The third-order valence-electron chi connectivity index (χ3n) is 13.2. The summed E-state index contributed by atoms with van der Waals surface area (Å²) < 4.78 is 25.0. The van der Waals surface area contributed by atoms with E-state index in [1.807, 2.05) is 0 Å². The third-order valence-corrected chi connectivity index (χ3v) is 17.0. The quantitative estimate of drug-likeness (QED) is 0.0226. The Kier molecular flexibility index (Phi) is 31.6. The summed E-state index contributed by atoms with van der Waals surface area (Å²) in [6.45, 7) is 7.39. The van der Waals surface area contributed by atoms with Crippen molar-refractivity contribution in [3.05, 3.63) is 73.4 Å². The largest absolute Gasteiger partial charge is 0.390 e. The van der Waals surface area contributed by atoms with Gasteiger partial charge in [-0.1, -0.05) is 48.9 Å². The molecule has 0 bridgehead atoms. The number of amides is 7. The second-order valence-corrected chi connectivity index (χ2v) is 25.8. The third kappa shape index (κ3) is 25.1. The molecule has 0 saturated carbocycles. The van der Waals surface area contributed by atoms with Gasteiger partial charge in [-0.05, 0) is 90.2 Å². The zero-order chi connectivity index (χ0) is 62.6. The van der Waals surface area contributed by atoms with E-state index >= 15 is 0 Å². The minimum absolute atomic E-state index is 0.0150. The summed E-state index contributed by atoms with van der Waals surface area (Å²) >= 11 is 9.01. The van der Waals surface area contributed by atoms with Crippen molar-refractivity contribution in [3.8, 4) is 10.7 Å². The lowest BCUT2D eigenvalue weighted by Crippen LogP contribution is -2.57. The standard InChI is InChI=1S/C53H82ClN17O10S4/c1-30-41(70-47(71-45(30)58)37(27-39(57)72)64-28-33(56)46(59)74)52(79)66-35(16-25-85(4)81)51(78)67-36(26-32-12-6-5-7-13-32)43(73)31(2)48(75)65-34(15-24-84(3)80)49(76)63-23-14-40-69-42(44(54)83-40)53-68-38(29-82-53)50(77)62-22-11-21-61-19-9-8-18-60-20-10-17-55/h5-7,12-13,29,31,33-37,43,60-61,64,73H,8-11,14-28,55-56H2,1-4H3,(H2,57,72)(H2,59,74)(H,62,77)(H,63,76)(H,65,75)(H,66,79)(H,67,78)(H2,58,70,71)/t31-,33-,34-,35-,36+,37-,43-,84?,85?/m0/s1. The monoisotopic (exact) mass is 1280 g/mol. The predicted molar refractivity (Wildman–Crippen MR) is 331 cm³/mol. The lowest BCUT2D eigenvalue weighted by molar-refractivity contribution is -0.134. The number of rotatable bonds is 41. The average Bonchev–Trinajstić information content (AvgIpc) is 3.49. The Morgan fingerprint density at radius 2 is 1.40 bits per heavy atom. The van der Waals surface area contributed by atoms with E-state index in [1.165, 1.54) is 49.0 Å². The number of thiazole rings is 2. The van der Waals surface area contributed by atoms with E-state index < -0.39 is 106 Å². The zero-order valence-electron chi connectivity index (χ0n) is 48.2. The molecule has 0 fully saturated rings. The lowest BCUT2D eigenvalue weighted by Gasteiger charge is -2.31. The Balaban J connectivity index is 1.42. The van der Waals surface area contributed by atoms with Crippen LogP contribution in [0.3, 0.4) is 0 Å². The van der Waals surface area contributed by atoms with E-state index in [9.17, 15) is 47.1 Å². The van der Waals surface area contributed by atoms with Crippen molar-refractivity contribution >= 4 is 103 Å². The van der Waals surface area contributed by atoms with E-state index in [0.717, 1.165) is 51.9 Å². The summed E-state index contributed by atoms with van der Waals surface area (Å²) in [7, 11) is -2.81. The topological polar surface area (TPSA) is 452 Å². The van der Waals surface area contributed by atoms with E-state index in [4.69, 9.17) is 40.3 Å². The van der Waals surface area contributed by atoms with Gasteiger partial charge in [-0.2, -0.15) is 0 Å². The van der Waals surface area contributed by atoms with Crippen molar-refractivity contribution in [2.24, 2.45) is 28.9 Å². The van der Waals surface area contributed by atoms with Gasteiger partial charge in [0.05, 0.1) is 35.2 Å². The van der Waals surface area contributed by atoms with Gasteiger partial charge in [0.1, 0.15) is 50.2 Å². The van der Waals surface area contributed by atoms with Gasteiger partial charge >= 0.3 is 0 Å². The highest BCUT2D eigenvalue weighted by molar-refractivity contribution is 7.84. The van der Waals surface area contributed by atoms with Crippen molar-refractivity contribution in [2.45, 2.75) is 108 Å². The molecule has 27 nitrogen and oxygen atoms in total. The number of benzene rings is 1. The minimum Gasteiger partial charge on any atom is -0.390 e. The number of nitrogens with zero attached hydrogens (tertiary/aromatic N) is 4. The first-order chi connectivity index (χ1) is 40.5. The zero-order valence-corrected chi connectivity index (χ0v) is 52.3. The predicted octanol–water partition coefficient (Wildman–Crippen LogP) is -1.45. The van der Waals surface area contributed by atoms with Crippen molar-refractivity contribution in [1.82, 2.24) is 62.5 Å². The van der Waals surface area contributed by atoms with Gasteiger partial charge in [-0.3, -0.25) is 42.0 Å². The Hall–Kier alpha value is -6.00. The van der Waals surface area contributed by atoms with Crippen LogP contribution in [0.25, 0.3) is 10.7 Å². The highest BCUT2D eigenvalue weighted by Gasteiger charge is 2.35. The molecule has 4 rings (SSSR count). The number of aliphatic hydroxyl groups excluding tert-OH is 1. The van der Waals surface area contributed by atoms with Gasteiger partial charge in [0.15, 0.2) is 0 Å². The molecule has 32 heteroatoms. The normalized spacial score (nSPS) is 14.6. The van der Waals surface area contributed by atoms with Crippen LogP contribution in [-0.2, 0) is 58.4 Å². The van der Waals surface area contributed by atoms with Crippen LogP contribution in [-0.4, -0.2) is 181 Å². The molecule has 0 aliphatic heterocycles. The number of unbranched alkanes of at least 4 members (excludes halogenated alkanes) is 1. The molecule has 3 heterocycles. The molecular weight excluding hydrogens is 1200 g/mol. The fraction of sp³-hybridized carbons (Fsp3) is 0.566. The molecule has 85 heavy (non-hydrogen) atoms. The molecule has 2 unspecified atom stereocenters. The van der Waals surface area contributed by atoms with E-state index in [1.54, 1.807) is 35.7 Å². The molecule has 3 aromatic heterocycles. The van der Waals surface area contributed by atoms with Crippen molar-refractivity contribution in [1.29, 1.82) is 0 Å². The van der Waals surface area contributed by atoms with E-state index in [-0.39, 0.29) is 84.8 Å². The van der Waals surface area contributed by atoms with Crippen LogP contribution in [0.15, 0.2) is 35.7 Å². The number of nitrogens with two attached hydrogens (primary N) is 5. The maximum Gasteiger partial charge on any atom is 0.271 e. The van der Waals surface area contributed by atoms with Crippen LogP contribution < -0.4 is 71.2 Å². The smallest absolute Gasteiger partial charge is 0.271 e. The van der Waals surface area contributed by atoms with E-state index in [0.29, 0.717) is 38.7 Å². The number of hydrogen-bond donors (Lipinski definition) is 14. The molecule has 0 radical (unpaired) electrons. The van der Waals surface area contributed by atoms with Gasteiger partial charge in [-0.25, -0.2) is 19.9 Å². The summed E-state index contributed by atoms with van der Waals surface area (Å²) in [5.41, 5.74) is 29.4. The van der Waals surface area contributed by atoms with Crippen molar-refractivity contribution in [3.63, 3.8) is 0 Å². The average molecular weight is 1280 g/mol. The number of aliphatic hydroxyl groups is 1. The molecule has 0 aliphatic rings. The van der Waals surface area contributed by atoms with Crippen LogP contribution in [0.5, 0.6) is 0 Å². The van der Waals surface area contributed by atoms with Crippen molar-refractivity contribution < 1.29 is 47.1 Å². The second kappa shape index (κ2) is 37.5. The Morgan fingerprint density at radius 1 is 0.765 bits per heavy atom. The van der Waals surface area contributed by atoms with Gasteiger partial charge in [0.25, 0.3) is 11.8 Å². The summed E-state index contributed by atoms with van der Waals surface area (Å²) in [6, 6.07) is 2.69. The van der Waals surface area contributed by atoms with Crippen LogP contribution in [0, 0.1) is 12.8 Å². The number of halogens is 1. The summed E-state index contributed by atoms with van der Waals surface area (Å²) in [5, 5.41) is 38.0. The minimum atomic E-state index is -1.62. The van der Waals surface area contributed by atoms with Crippen LogP contribution in [0.4, 0.5) is 5.82 Å². The number of nitrogen functional groups attached to an aromatic ring is 1. The summed E-state index contributed by atoms with van der Waals surface area (Å²) in [4.78, 5) is 111. The Morgan fingerprint density at radius 3 is 2.02 bits per heavy atom. The molecule has 470 valence electrons. The summed E-state index contributed by atoms with van der Waals surface area (Å²) in [5.74, 6) is -6.69. The second-order valence-electron chi connectivity index (χ2n) is 20.2. The highest BCUT2D eigenvalue weighted by Crippen LogP contribution is 2.34. The first-order valence-electron chi connectivity index (χ1n) is 27.7. The van der Waals surface area contributed by atoms with Crippen LogP contribution in [0.2, 0.25) is 4.34 Å². The maximum atomic E-state index is 14.4.